The molecule has 2 rings (SSSR count). The minimum Gasteiger partial charge on any atom is -0.306 e. The molecule has 0 fully saturated rings. The Bertz CT molecular complexity index is 718. The first-order valence-electron chi connectivity index (χ1n) is 4.46. The molecule has 2 heterocycles. The van der Waals surface area contributed by atoms with Gasteiger partial charge in [0.05, 0.1) is 6.20 Å². The van der Waals surface area contributed by atoms with Crippen molar-refractivity contribution in [1.29, 1.82) is 0 Å². The third-order valence-corrected chi connectivity index (χ3v) is 2.32. The number of aromatic nitrogens is 3. The zero-order chi connectivity index (χ0) is 12.6. The second-order valence-electron chi connectivity index (χ2n) is 3.29. The molecule has 0 aliphatic carbocycles. The summed E-state index contributed by atoms with van der Waals surface area (Å²) in [6.07, 6.45) is 1.24. The zero-order valence-electron chi connectivity index (χ0n) is 8.56. The highest BCUT2D eigenvalue weighted by molar-refractivity contribution is 5.93. The Kier molecular flexibility index (Phi) is 2.47. The van der Waals surface area contributed by atoms with Gasteiger partial charge in [0.15, 0.2) is 0 Å². The van der Waals surface area contributed by atoms with Gasteiger partial charge >= 0.3 is 5.97 Å². The van der Waals surface area contributed by atoms with Crippen molar-refractivity contribution in [3.8, 4) is 0 Å². The Balaban J connectivity index is 2.95. The van der Waals surface area contributed by atoms with Crippen molar-refractivity contribution in [3.05, 3.63) is 38.5 Å². The van der Waals surface area contributed by atoms with Crippen LogP contribution in [0.25, 0.3) is 10.9 Å². The summed E-state index contributed by atoms with van der Waals surface area (Å²) in [6.45, 7) is 0. The molecule has 0 unspecified atom stereocenters. The third-order valence-electron chi connectivity index (χ3n) is 2.32. The lowest BCUT2D eigenvalue weighted by Crippen LogP contribution is -2.28. The summed E-state index contributed by atoms with van der Waals surface area (Å²) in [4.78, 5) is 37.1. The Labute approximate surface area is 92.3 Å². The molecule has 8 heteroatoms. The number of nitrogens with one attached hydrogen (secondary N) is 1. The first-order chi connectivity index (χ1) is 8.06. The van der Waals surface area contributed by atoms with Gasteiger partial charge in [-0.15, -0.1) is 0 Å². The maximum Gasteiger partial charge on any atom is 0.385 e. The first kappa shape index (κ1) is 11.0. The van der Waals surface area contributed by atoms with E-state index in [4.69, 9.17) is 0 Å². The monoisotopic (exact) mass is 239 g/mol. The molecule has 0 aliphatic rings. The van der Waals surface area contributed by atoms with Gasteiger partial charge in [0.25, 0.3) is 11.1 Å². The summed E-state index contributed by atoms with van der Waals surface area (Å²) in [7, 11) is 1.29. The summed E-state index contributed by atoms with van der Waals surface area (Å²) in [5.41, 5.74) is -1.87. The standard InChI is InChI=1S/C9H6FN3O4/c1-13-6-4(3-11-12-7(6)14)2-5(8(13)15)9(16)17-10/h2-3H,1H3,(H,12,14). The predicted molar refractivity (Wildman–Crippen MR) is 54.1 cm³/mol. The molecule has 2 aromatic heterocycles. The van der Waals surface area contributed by atoms with Crippen LogP contribution in [0.3, 0.4) is 0 Å². The minimum atomic E-state index is -1.41. The maximum atomic E-state index is 11.8. The zero-order valence-corrected chi connectivity index (χ0v) is 8.56. The number of carbonyl (C=O) groups excluding carboxylic acids is 1. The van der Waals surface area contributed by atoms with Crippen LogP contribution in [0.1, 0.15) is 10.4 Å². The van der Waals surface area contributed by atoms with Crippen molar-refractivity contribution in [1.82, 2.24) is 14.8 Å². The predicted octanol–water partition coefficient (Wildman–Crippen LogP) is -0.337. The Morgan fingerprint density at radius 3 is 2.88 bits per heavy atom. The van der Waals surface area contributed by atoms with Gasteiger partial charge in [0.1, 0.15) is 11.1 Å². The van der Waals surface area contributed by atoms with Gasteiger partial charge in [0.2, 0.25) is 0 Å². The highest BCUT2D eigenvalue weighted by atomic mass is 19.3. The summed E-state index contributed by atoms with van der Waals surface area (Å²) in [5, 5.41) is 5.89. The number of H-pyrrole nitrogens is 1. The molecule has 2 aromatic rings. The van der Waals surface area contributed by atoms with Crippen LogP contribution in [0.4, 0.5) is 4.53 Å². The number of rotatable bonds is 1. The third kappa shape index (κ3) is 1.59. The van der Waals surface area contributed by atoms with E-state index in [1.807, 2.05) is 0 Å². The lowest BCUT2D eigenvalue weighted by atomic mass is 10.2. The summed E-state index contributed by atoms with van der Waals surface area (Å²) in [6, 6.07) is 1.06. The highest BCUT2D eigenvalue weighted by Crippen LogP contribution is 2.07. The molecule has 0 saturated heterocycles. The van der Waals surface area contributed by atoms with Crippen LogP contribution in [0, 0.1) is 0 Å². The van der Waals surface area contributed by atoms with Crippen molar-refractivity contribution in [3.63, 3.8) is 0 Å². The fraction of sp³-hybridized carbons (Fsp3) is 0.111. The van der Waals surface area contributed by atoms with Crippen LogP contribution in [0.15, 0.2) is 21.9 Å². The second-order valence-corrected chi connectivity index (χ2v) is 3.29. The number of carbonyl (C=O) groups is 1. The topological polar surface area (TPSA) is 94.0 Å². The number of pyridine rings is 1. The second kappa shape index (κ2) is 3.81. The molecule has 0 aromatic carbocycles. The van der Waals surface area contributed by atoms with E-state index in [0.717, 1.165) is 10.6 Å². The van der Waals surface area contributed by atoms with Gasteiger partial charge in [-0.2, -0.15) is 5.10 Å². The molecule has 0 amide bonds. The molecule has 17 heavy (non-hydrogen) atoms. The van der Waals surface area contributed by atoms with Crippen molar-refractivity contribution in [2.24, 2.45) is 7.05 Å². The van der Waals surface area contributed by atoms with Gasteiger partial charge < -0.3 is 4.57 Å². The molecule has 0 spiro atoms. The summed E-state index contributed by atoms with van der Waals surface area (Å²) < 4.78 is 12.7. The molecule has 0 radical (unpaired) electrons. The van der Waals surface area contributed by atoms with Gasteiger partial charge in [-0.25, -0.2) is 14.8 Å². The molecule has 0 atom stereocenters. The van der Waals surface area contributed by atoms with E-state index in [0.29, 0.717) is 0 Å². The molecule has 0 bridgehead atoms. The molecular weight excluding hydrogens is 233 g/mol. The Morgan fingerprint density at radius 1 is 1.53 bits per heavy atom. The van der Waals surface area contributed by atoms with E-state index in [1.165, 1.54) is 13.2 Å². The maximum absolute atomic E-state index is 11.8. The molecule has 1 N–H and O–H groups in total. The number of nitrogens with zero attached hydrogens (tertiary/aromatic N) is 2. The van der Waals surface area contributed by atoms with E-state index < -0.39 is 22.7 Å². The smallest absolute Gasteiger partial charge is 0.306 e. The van der Waals surface area contributed by atoms with Crippen LogP contribution < -0.4 is 11.1 Å². The number of fused-ring (bicyclic) bond motifs is 1. The number of hydrogen-bond acceptors (Lipinski definition) is 5. The van der Waals surface area contributed by atoms with E-state index >= 15 is 0 Å². The average Bonchev–Trinajstić information content (AvgIpc) is 2.32. The first-order valence-corrected chi connectivity index (χ1v) is 4.46. The van der Waals surface area contributed by atoms with Crippen molar-refractivity contribution >= 4 is 16.9 Å². The summed E-state index contributed by atoms with van der Waals surface area (Å²) >= 11 is 0. The van der Waals surface area contributed by atoms with Gasteiger partial charge in [-0.1, -0.05) is 0 Å². The van der Waals surface area contributed by atoms with Crippen molar-refractivity contribution < 1.29 is 14.3 Å². The van der Waals surface area contributed by atoms with Gasteiger partial charge in [0, 0.05) is 17.0 Å². The van der Waals surface area contributed by atoms with Crippen LogP contribution in [0.2, 0.25) is 0 Å². The quantitative estimate of drug-likeness (QED) is 0.734. The number of halogens is 1. The Morgan fingerprint density at radius 2 is 2.24 bits per heavy atom. The van der Waals surface area contributed by atoms with E-state index in [1.54, 1.807) is 0 Å². The minimum absolute atomic E-state index is 0.0420. The molecule has 88 valence electrons. The number of aromatic amines is 1. The van der Waals surface area contributed by atoms with Crippen LogP contribution in [-0.4, -0.2) is 20.7 Å². The van der Waals surface area contributed by atoms with Crippen LogP contribution in [0.5, 0.6) is 0 Å². The van der Waals surface area contributed by atoms with E-state index in [9.17, 15) is 18.9 Å². The van der Waals surface area contributed by atoms with Crippen molar-refractivity contribution in [2.45, 2.75) is 0 Å². The molecule has 0 aliphatic heterocycles. The van der Waals surface area contributed by atoms with Crippen LogP contribution >= 0.6 is 0 Å². The average molecular weight is 239 g/mol. The van der Waals surface area contributed by atoms with E-state index in [-0.39, 0.29) is 10.9 Å². The lowest BCUT2D eigenvalue weighted by Gasteiger charge is -2.04. The normalized spacial score (nSPS) is 10.5. The fourth-order valence-corrected chi connectivity index (χ4v) is 1.54. The lowest BCUT2D eigenvalue weighted by molar-refractivity contribution is -0.0789. The number of hydrogen-bond donors (Lipinski definition) is 1. The van der Waals surface area contributed by atoms with Gasteiger partial charge in [-0.3, -0.25) is 9.59 Å². The Hall–Kier alpha value is -2.51. The highest BCUT2D eigenvalue weighted by Gasteiger charge is 2.17. The van der Waals surface area contributed by atoms with E-state index in [2.05, 4.69) is 15.1 Å². The molecular formula is C9H6FN3O4. The summed E-state index contributed by atoms with van der Waals surface area (Å²) in [5.74, 6) is -1.41. The molecule has 0 saturated carbocycles. The number of aryl methyl sites for hydroxylation is 1. The van der Waals surface area contributed by atoms with Crippen molar-refractivity contribution in [2.75, 3.05) is 0 Å². The largest absolute Gasteiger partial charge is 0.385 e. The van der Waals surface area contributed by atoms with Gasteiger partial charge in [-0.05, 0) is 6.07 Å². The SMILES string of the molecule is Cn1c(=O)c(C(=O)OF)cc2cn[nH]c(=O)c21. The van der Waals surface area contributed by atoms with Crippen LogP contribution in [-0.2, 0) is 12.0 Å². The fourth-order valence-electron chi connectivity index (χ4n) is 1.54. The molecule has 7 nitrogen and oxygen atoms in total.